The van der Waals surface area contributed by atoms with Crippen LogP contribution in [-0.2, 0) is 27.5 Å². The van der Waals surface area contributed by atoms with Crippen LogP contribution in [0.25, 0.3) is 5.69 Å². The van der Waals surface area contributed by atoms with E-state index in [-0.39, 0.29) is 43.0 Å². The Bertz CT molecular complexity index is 2500. The zero-order valence-corrected chi connectivity index (χ0v) is 29.2. The van der Waals surface area contributed by atoms with E-state index in [1.807, 2.05) is 0 Å². The summed E-state index contributed by atoms with van der Waals surface area (Å²) in [5.41, 5.74) is -3.90. The maximum Gasteiger partial charge on any atom is 1.00 e. The summed E-state index contributed by atoms with van der Waals surface area (Å²) in [6.45, 7) is 1.48. The van der Waals surface area contributed by atoms with E-state index in [4.69, 9.17) is 9.29 Å². The number of phenolic OH excluding ortho intramolecular Hbond substituents is 3. The summed E-state index contributed by atoms with van der Waals surface area (Å²) in [6, 6.07) is 15.1. The Balaban J connectivity index is 0.000000540. The number of para-hydroxylation sites is 1. The van der Waals surface area contributed by atoms with Crippen LogP contribution in [0.15, 0.2) is 103 Å². The third-order valence-corrected chi connectivity index (χ3v) is 7.53. The number of ether oxygens (including phenoxy) is 1. The quantitative estimate of drug-likeness (QED) is 0.0407. The molecule has 0 saturated carbocycles. The van der Waals surface area contributed by atoms with E-state index in [0.717, 1.165) is 10.7 Å². The summed E-state index contributed by atoms with van der Waals surface area (Å²) in [6.07, 6.45) is 0. The van der Waals surface area contributed by atoms with Gasteiger partial charge in [0.25, 0.3) is 15.8 Å². The Hall–Kier alpha value is -7.07. The van der Waals surface area contributed by atoms with Crippen molar-refractivity contribution in [3.63, 3.8) is 0 Å². The fraction of sp³-hybridized carbons (Fsp3) is 0.0690. The number of azo groups is 2. The number of nitro groups is 3. The molecule has 0 aliphatic heterocycles. The molecule has 1 aromatic heterocycles. The molecule has 0 spiro atoms. The molecule has 0 aliphatic carbocycles. The number of nitro benzene ring substituents is 3. The van der Waals surface area contributed by atoms with Gasteiger partial charge in [0.15, 0.2) is 0 Å². The summed E-state index contributed by atoms with van der Waals surface area (Å²) < 4.78 is 37.8. The van der Waals surface area contributed by atoms with Crippen molar-refractivity contribution in [2.24, 2.45) is 20.5 Å². The molecule has 54 heavy (non-hydrogen) atoms. The van der Waals surface area contributed by atoms with Gasteiger partial charge in [0.05, 0.1) is 33.6 Å². The van der Waals surface area contributed by atoms with Crippen LogP contribution in [0.5, 0.6) is 23.0 Å². The summed E-state index contributed by atoms with van der Waals surface area (Å²) in [5, 5.41) is 80.7. The van der Waals surface area contributed by atoms with Gasteiger partial charge in [0.1, 0.15) is 39.0 Å². The van der Waals surface area contributed by atoms with E-state index >= 15 is 0 Å². The second kappa shape index (κ2) is 17.0. The molecule has 0 aliphatic rings. The maximum atomic E-state index is 12.5. The number of aryl methyl sites for hydroxylation is 1. The Morgan fingerprint density at radius 2 is 1.39 bits per heavy atom. The molecular weight excluding hydrogens is 782 g/mol. The number of hydrogen-bond donors (Lipinski definition) is 4. The predicted octanol–water partition coefficient (Wildman–Crippen LogP) is 6.10. The molecule has 4 N–H and O–H groups in total. The van der Waals surface area contributed by atoms with Crippen LogP contribution in [0.4, 0.5) is 39.8 Å². The number of aromatic hydroxyl groups is 3. The van der Waals surface area contributed by atoms with Crippen LogP contribution >= 0.6 is 0 Å². The van der Waals surface area contributed by atoms with Crippen molar-refractivity contribution >= 4 is 49.9 Å². The molecule has 0 fully saturated rings. The smallest absolute Gasteiger partial charge is 0.506 e. The van der Waals surface area contributed by atoms with Crippen molar-refractivity contribution in [3.05, 3.63) is 119 Å². The van der Waals surface area contributed by atoms with Crippen molar-refractivity contribution in [3.8, 4) is 28.7 Å². The van der Waals surface area contributed by atoms with Gasteiger partial charge in [-0.2, -0.15) is 13.5 Å². The number of non-ortho nitro benzene ring substituents is 1. The first-order valence-corrected chi connectivity index (χ1v) is 15.5. The molecular formula is C29H24CrN9O14S+. The standard InChI is InChI=1S/C16H12N5O7S.C13H10N4O7.Cr/c1-9-14(16(23)20(19-9)10-5-3-2-4-6-10)18-17-12-7-11(29(26,27)28)8-13(15(12)22)21(24)25;1-24-8-2-3-12(18)9(6-8)14-15-10-4-7(16(20)21)5-11(13(10)19)17(22)23;/h2-8,22H,1H3,(H,26,27,28);2-6,18-19H,1H3;/q-1;;/p+2. The van der Waals surface area contributed by atoms with Gasteiger partial charge < -0.3 is 30.0 Å². The molecule has 1 heterocycles. The van der Waals surface area contributed by atoms with Gasteiger partial charge in [-0.1, -0.05) is 30.8 Å². The van der Waals surface area contributed by atoms with Crippen LogP contribution < -0.4 is 10.3 Å². The minimum Gasteiger partial charge on any atom is -0.506 e. The zero-order valence-electron chi connectivity index (χ0n) is 29.1. The second-order valence-electron chi connectivity index (χ2n) is 10.1. The average molecular weight is 807 g/mol. The fourth-order valence-corrected chi connectivity index (χ4v) is 4.65. The first-order chi connectivity index (χ1) is 24.9. The van der Waals surface area contributed by atoms with Crippen LogP contribution in [0.3, 0.4) is 0 Å². The topological polar surface area (TPSA) is 338 Å². The van der Waals surface area contributed by atoms with Gasteiger partial charge in [-0.25, -0.2) is 9.78 Å². The Labute approximate surface area is 314 Å². The largest absolute Gasteiger partial charge is 1.00 e. The second-order valence-corrected chi connectivity index (χ2v) is 11.6. The maximum absolute atomic E-state index is 12.5. The Morgan fingerprint density at radius 3 is 1.94 bits per heavy atom. The fourth-order valence-electron chi connectivity index (χ4n) is 4.13. The van der Waals surface area contributed by atoms with Gasteiger partial charge in [-0.3, -0.25) is 34.9 Å². The number of methoxy groups -OCH3 is 1. The molecule has 5 aromatic rings. The van der Waals surface area contributed by atoms with Gasteiger partial charge in [0.2, 0.25) is 11.5 Å². The van der Waals surface area contributed by atoms with E-state index < -0.39 is 75.3 Å². The van der Waals surface area contributed by atoms with E-state index in [0.29, 0.717) is 29.6 Å². The van der Waals surface area contributed by atoms with Crippen molar-refractivity contribution in [2.45, 2.75) is 11.8 Å². The Kier molecular flexibility index (Phi) is 13.0. The van der Waals surface area contributed by atoms with Gasteiger partial charge in [0, 0.05) is 35.6 Å². The minimum atomic E-state index is -4.82. The minimum absolute atomic E-state index is 0. The van der Waals surface area contributed by atoms with Crippen LogP contribution in [0.1, 0.15) is 8.55 Å². The molecule has 23 nitrogen and oxygen atoms in total. The molecule has 0 atom stereocenters. The third-order valence-electron chi connectivity index (χ3n) is 6.69. The monoisotopic (exact) mass is 806 g/mol. The van der Waals surface area contributed by atoms with Crippen LogP contribution in [-0.4, -0.2) is 60.0 Å². The number of aromatic nitrogens is 2. The van der Waals surface area contributed by atoms with Gasteiger partial charge in [-0.05, 0) is 30.3 Å². The number of phenols is 3. The predicted molar refractivity (Wildman–Crippen MR) is 181 cm³/mol. The SMILES string of the molecule is COc1ccc(O)c(N=Nc2cc([N+](=O)[O-])cc([N+](=O)[O-])c2O)c1.Cc1nn(-c2ccccc2)c(=O)[c-]1N=Nc1cc(S(=O)(=O)O)cc([N+](=O)[O-])c1O.[Cr].[H+].[H+]. The number of hydrogen-bond acceptors (Lipinski definition) is 18. The summed E-state index contributed by atoms with van der Waals surface area (Å²) in [5.74, 6) is -1.77. The van der Waals surface area contributed by atoms with Gasteiger partial charge in [-0.15, -0.1) is 15.9 Å². The molecule has 0 saturated heterocycles. The number of nitrogens with zero attached hydrogens (tertiary/aromatic N) is 9. The molecule has 5 rings (SSSR count). The van der Waals surface area contributed by atoms with Crippen molar-refractivity contribution in [2.75, 3.05) is 7.11 Å². The van der Waals surface area contributed by atoms with Crippen LogP contribution in [0, 0.1) is 37.3 Å². The molecule has 0 bridgehead atoms. The molecule has 4 aromatic carbocycles. The normalized spacial score (nSPS) is 11.1. The summed E-state index contributed by atoms with van der Waals surface area (Å²) in [7, 11) is -3.43. The van der Waals surface area contributed by atoms with E-state index in [1.165, 1.54) is 32.2 Å². The first kappa shape index (κ1) is 41.4. The number of benzene rings is 4. The first-order valence-electron chi connectivity index (χ1n) is 14.1. The molecule has 0 unspecified atom stereocenters. The van der Waals surface area contributed by atoms with E-state index in [1.54, 1.807) is 30.3 Å². The number of rotatable bonds is 10. The van der Waals surface area contributed by atoms with E-state index in [9.17, 15) is 58.9 Å². The van der Waals surface area contributed by atoms with Crippen molar-refractivity contribution in [1.29, 1.82) is 0 Å². The molecule has 280 valence electrons. The van der Waals surface area contributed by atoms with Crippen LogP contribution in [0.2, 0.25) is 0 Å². The summed E-state index contributed by atoms with van der Waals surface area (Å²) in [4.78, 5) is 41.5. The third kappa shape index (κ3) is 9.42. The van der Waals surface area contributed by atoms with Crippen molar-refractivity contribution < 1.29 is 68.0 Å². The molecule has 25 heteroatoms. The summed E-state index contributed by atoms with van der Waals surface area (Å²) >= 11 is 0. The Morgan fingerprint density at radius 1 is 0.815 bits per heavy atom. The molecule has 0 amide bonds. The zero-order chi connectivity index (χ0) is 39.2. The molecule has 0 radical (unpaired) electrons. The van der Waals surface area contributed by atoms with E-state index in [2.05, 4.69) is 25.6 Å². The van der Waals surface area contributed by atoms with Crippen molar-refractivity contribution in [1.82, 2.24) is 9.78 Å². The van der Waals surface area contributed by atoms with Gasteiger partial charge >= 0.3 is 14.2 Å². The average Bonchev–Trinajstić information content (AvgIpc) is 3.39.